The van der Waals surface area contributed by atoms with E-state index < -0.39 is 0 Å². The minimum absolute atomic E-state index is 0.0773. The standard InChI is InChI=1S/C12H16ClNO/c1-7(2)10-5-8(3)12(6-11(10)13)14-9(4)15/h5-7H,1-4H3,(H,14,15). The van der Waals surface area contributed by atoms with E-state index >= 15 is 0 Å². The summed E-state index contributed by atoms with van der Waals surface area (Å²) < 4.78 is 0. The van der Waals surface area contributed by atoms with Crippen LogP contribution in [-0.2, 0) is 4.79 Å². The van der Waals surface area contributed by atoms with E-state index in [9.17, 15) is 4.79 Å². The van der Waals surface area contributed by atoms with E-state index in [0.717, 1.165) is 16.8 Å². The van der Waals surface area contributed by atoms with Gasteiger partial charge in [0.05, 0.1) is 0 Å². The summed E-state index contributed by atoms with van der Waals surface area (Å²) in [5, 5.41) is 3.46. The number of aryl methyl sites for hydroxylation is 1. The first kappa shape index (κ1) is 12.1. The van der Waals surface area contributed by atoms with Gasteiger partial charge >= 0.3 is 0 Å². The lowest BCUT2D eigenvalue weighted by molar-refractivity contribution is -0.114. The van der Waals surface area contributed by atoms with E-state index in [1.54, 1.807) is 0 Å². The normalized spacial score (nSPS) is 10.5. The van der Waals surface area contributed by atoms with Gasteiger partial charge in [0, 0.05) is 17.6 Å². The third-order valence-corrected chi connectivity index (χ3v) is 2.60. The fourth-order valence-corrected chi connectivity index (χ4v) is 1.85. The Morgan fingerprint density at radius 2 is 2.00 bits per heavy atom. The summed E-state index contributed by atoms with van der Waals surface area (Å²) in [5.74, 6) is 0.314. The number of anilines is 1. The van der Waals surface area contributed by atoms with Crippen molar-refractivity contribution in [2.75, 3.05) is 5.32 Å². The lowest BCUT2D eigenvalue weighted by Crippen LogP contribution is -2.07. The second kappa shape index (κ2) is 4.67. The zero-order valence-corrected chi connectivity index (χ0v) is 10.3. The molecule has 0 spiro atoms. The molecule has 0 radical (unpaired) electrons. The summed E-state index contributed by atoms with van der Waals surface area (Å²) >= 11 is 6.13. The van der Waals surface area contributed by atoms with Crippen LogP contribution in [0.25, 0.3) is 0 Å². The highest BCUT2D eigenvalue weighted by molar-refractivity contribution is 6.31. The molecule has 1 amide bonds. The number of hydrogen-bond acceptors (Lipinski definition) is 1. The van der Waals surface area contributed by atoms with Gasteiger partial charge in [-0.1, -0.05) is 31.5 Å². The second-order valence-electron chi connectivity index (χ2n) is 4.02. The first-order chi connectivity index (χ1) is 6.91. The Labute approximate surface area is 95.6 Å². The van der Waals surface area contributed by atoms with Crippen LogP contribution >= 0.6 is 11.6 Å². The maximum atomic E-state index is 10.9. The summed E-state index contributed by atoms with van der Waals surface area (Å²) in [6, 6.07) is 3.84. The van der Waals surface area contributed by atoms with Crippen LogP contribution in [0.2, 0.25) is 5.02 Å². The van der Waals surface area contributed by atoms with Gasteiger partial charge in [-0.05, 0) is 30.0 Å². The van der Waals surface area contributed by atoms with Crippen LogP contribution in [0.5, 0.6) is 0 Å². The molecule has 0 aliphatic rings. The predicted octanol–water partition coefficient (Wildman–Crippen LogP) is 3.73. The lowest BCUT2D eigenvalue weighted by atomic mass is 10.00. The molecule has 1 aromatic carbocycles. The molecule has 0 aliphatic carbocycles. The molecule has 0 saturated heterocycles. The van der Waals surface area contributed by atoms with Crippen LogP contribution in [-0.4, -0.2) is 5.91 Å². The molecular weight excluding hydrogens is 210 g/mol. The van der Waals surface area contributed by atoms with Crippen molar-refractivity contribution in [2.45, 2.75) is 33.6 Å². The van der Waals surface area contributed by atoms with Crippen molar-refractivity contribution in [3.05, 3.63) is 28.3 Å². The fraction of sp³-hybridized carbons (Fsp3) is 0.417. The van der Waals surface area contributed by atoms with Crippen molar-refractivity contribution in [2.24, 2.45) is 0 Å². The van der Waals surface area contributed by atoms with Gasteiger partial charge in [-0.3, -0.25) is 4.79 Å². The monoisotopic (exact) mass is 225 g/mol. The molecule has 82 valence electrons. The average molecular weight is 226 g/mol. The van der Waals surface area contributed by atoms with Crippen molar-refractivity contribution in [3.63, 3.8) is 0 Å². The van der Waals surface area contributed by atoms with Crippen molar-refractivity contribution >= 4 is 23.2 Å². The van der Waals surface area contributed by atoms with E-state index in [1.165, 1.54) is 6.92 Å². The highest BCUT2D eigenvalue weighted by Gasteiger charge is 2.09. The maximum Gasteiger partial charge on any atom is 0.221 e. The Morgan fingerprint density at radius 3 is 2.47 bits per heavy atom. The largest absolute Gasteiger partial charge is 0.326 e. The van der Waals surface area contributed by atoms with Crippen molar-refractivity contribution in [1.29, 1.82) is 0 Å². The van der Waals surface area contributed by atoms with Crippen LogP contribution in [0, 0.1) is 6.92 Å². The fourth-order valence-electron chi connectivity index (χ4n) is 1.47. The zero-order chi connectivity index (χ0) is 11.6. The van der Waals surface area contributed by atoms with Gasteiger partial charge in [0.15, 0.2) is 0 Å². The number of halogens is 1. The molecule has 0 unspecified atom stereocenters. The molecule has 2 nitrogen and oxygen atoms in total. The average Bonchev–Trinajstić information content (AvgIpc) is 2.09. The van der Waals surface area contributed by atoms with E-state index in [4.69, 9.17) is 11.6 Å². The van der Waals surface area contributed by atoms with E-state index in [1.807, 2.05) is 19.1 Å². The molecule has 1 aromatic rings. The van der Waals surface area contributed by atoms with E-state index in [2.05, 4.69) is 19.2 Å². The molecule has 0 atom stereocenters. The van der Waals surface area contributed by atoms with E-state index in [-0.39, 0.29) is 5.91 Å². The molecule has 15 heavy (non-hydrogen) atoms. The first-order valence-corrected chi connectivity index (χ1v) is 5.37. The Morgan fingerprint density at radius 1 is 1.40 bits per heavy atom. The van der Waals surface area contributed by atoms with Crippen LogP contribution in [0.1, 0.15) is 37.8 Å². The maximum absolute atomic E-state index is 10.9. The predicted molar refractivity (Wildman–Crippen MR) is 64.6 cm³/mol. The molecule has 1 N–H and O–H groups in total. The Bertz CT molecular complexity index is 385. The second-order valence-corrected chi connectivity index (χ2v) is 4.43. The number of nitrogens with one attached hydrogen (secondary N) is 1. The third kappa shape index (κ3) is 2.96. The Balaban J connectivity index is 3.13. The summed E-state index contributed by atoms with van der Waals surface area (Å²) in [5.41, 5.74) is 2.94. The molecule has 3 heteroatoms. The van der Waals surface area contributed by atoms with Crippen molar-refractivity contribution in [1.82, 2.24) is 0 Å². The number of carbonyl (C=O) groups excluding carboxylic acids is 1. The van der Waals surface area contributed by atoms with Crippen LogP contribution in [0.15, 0.2) is 12.1 Å². The van der Waals surface area contributed by atoms with Gasteiger partial charge in [-0.25, -0.2) is 0 Å². The van der Waals surface area contributed by atoms with Crippen molar-refractivity contribution in [3.8, 4) is 0 Å². The van der Waals surface area contributed by atoms with Gasteiger partial charge in [0.2, 0.25) is 5.91 Å². The van der Waals surface area contributed by atoms with E-state index in [0.29, 0.717) is 10.9 Å². The smallest absolute Gasteiger partial charge is 0.221 e. The molecule has 0 heterocycles. The van der Waals surface area contributed by atoms with Crippen molar-refractivity contribution < 1.29 is 4.79 Å². The third-order valence-electron chi connectivity index (χ3n) is 2.28. The van der Waals surface area contributed by atoms with Crippen LogP contribution in [0.3, 0.4) is 0 Å². The topological polar surface area (TPSA) is 29.1 Å². The molecule has 0 aromatic heterocycles. The number of rotatable bonds is 2. The summed E-state index contributed by atoms with van der Waals surface area (Å²) in [6.07, 6.45) is 0. The first-order valence-electron chi connectivity index (χ1n) is 4.99. The van der Waals surface area contributed by atoms with Gasteiger partial charge in [-0.15, -0.1) is 0 Å². The molecular formula is C12H16ClNO. The zero-order valence-electron chi connectivity index (χ0n) is 9.52. The van der Waals surface area contributed by atoms with Gasteiger partial charge in [-0.2, -0.15) is 0 Å². The van der Waals surface area contributed by atoms with Crippen LogP contribution < -0.4 is 5.32 Å². The van der Waals surface area contributed by atoms with Gasteiger partial charge < -0.3 is 5.32 Å². The minimum atomic E-state index is -0.0773. The summed E-state index contributed by atoms with van der Waals surface area (Å²) in [7, 11) is 0. The number of amides is 1. The summed E-state index contributed by atoms with van der Waals surface area (Å²) in [4.78, 5) is 10.9. The lowest BCUT2D eigenvalue weighted by Gasteiger charge is -2.13. The summed E-state index contributed by atoms with van der Waals surface area (Å²) in [6.45, 7) is 7.65. The quantitative estimate of drug-likeness (QED) is 0.817. The Hall–Kier alpha value is -1.02. The highest BCUT2D eigenvalue weighted by atomic mass is 35.5. The minimum Gasteiger partial charge on any atom is -0.326 e. The Kier molecular flexibility index (Phi) is 3.75. The van der Waals surface area contributed by atoms with Crippen LogP contribution in [0.4, 0.5) is 5.69 Å². The molecule has 1 rings (SSSR count). The number of carbonyl (C=O) groups is 1. The molecule has 0 saturated carbocycles. The van der Waals surface area contributed by atoms with Gasteiger partial charge in [0.25, 0.3) is 0 Å². The molecule has 0 aliphatic heterocycles. The molecule has 0 bridgehead atoms. The molecule has 0 fully saturated rings. The highest BCUT2D eigenvalue weighted by Crippen LogP contribution is 2.29. The number of benzene rings is 1. The number of hydrogen-bond donors (Lipinski definition) is 1. The van der Waals surface area contributed by atoms with Gasteiger partial charge in [0.1, 0.15) is 0 Å². The SMILES string of the molecule is CC(=O)Nc1cc(Cl)c(C(C)C)cc1C.